The first-order valence-electron chi connectivity index (χ1n) is 6.81. The molecule has 21 heavy (non-hydrogen) atoms. The monoisotopic (exact) mass is 298 g/mol. The minimum Gasteiger partial charge on any atom is -0.352 e. The lowest BCUT2D eigenvalue weighted by Crippen LogP contribution is -2.25. The van der Waals surface area contributed by atoms with Crippen molar-refractivity contribution in [3.8, 4) is 11.8 Å². The van der Waals surface area contributed by atoms with E-state index in [1.54, 1.807) is 17.4 Å². The standard InChI is InChI=1S/C17H18N2OS/c1-13-12-15(7-6-14(13)4-2-9-18)17(20)19-10-8-16-5-3-11-21-16/h3,5-7,11-12H,8-10,18H2,1H3,(H,19,20). The number of hydrogen-bond acceptors (Lipinski definition) is 3. The summed E-state index contributed by atoms with van der Waals surface area (Å²) >= 11 is 1.71. The molecule has 0 aliphatic carbocycles. The van der Waals surface area contributed by atoms with E-state index in [0.717, 1.165) is 17.5 Å². The van der Waals surface area contributed by atoms with E-state index in [-0.39, 0.29) is 5.91 Å². The van der Waals surface area contributed by atoms with Crippen molar-refractivity contribution in [2.45, 2.75) is 13.3 Å². The Kier molecular flexibility index (Phi) is 5.56. The van der Waals surface area contributed by atoms with Gasteiger partial charge in [-0.15, -0.1) is 11.3 Å². The SMILES string of the molecule is Cc1cc(C(=O)NCCc2cccs2)ccc1C#CCN. The Morgan fingerprint density at radius 3 is 2.90 bits per heavy atom. The zero-order valence-corrected chi connectivity index (χ0v) is 12.8. The van der Waals surface area contributed by atoms with Gasteiger partial charge in [-0.05, 0) is 48.6 Å². The fraction of sp³-hybridized carbons (Fsp3) is 0.235. The number of carbonyl (C=O) groups is 1. The first-order valence-corrected chi connectivity index (χ1v) is 7.69. The molecule has 1 heterocycles. The molecule has 1 aromatic heterocycles. The number of nitrogens with one attached hydrogen (secondary N) is 1. The van der Waals surface area contributed by atoms with E-state index >= 15 is 0 Å². The Morgan fingerprint density at radius 2 is 2.24 bits per heavy atom. The highest BCUT2D eigenvalue weighted by molar-refractivity contribution is 7.09. The van der Waals surface area contributed by atoms with Gasteiger partial charge in [0.05, 0.1) is 6.54 Å². The number of aryl methyl sites for hydroxylation is 1. The third-order valence-electron chi connectivity index (χ3n) is 3.05. The molecule has 3 N–H and O–H groups in total. The fourth-order valence-corrected chi connectivity index (χ4v) is 2.66. The zero-order valence-electron chi connectivity index (χ0n) is 12.0. The molecule has 0 spiro atoms. The van der Waals surface area contributed by atoms with Gasteiger partial charge in [0.15, 0.2) is 0 Å². The van der Waals surface area contributed by atoms with Crippen LogP contribution in [0.3, 0.4) is 0 Å². The van der Waals surface area contributed by atoms with Gasteiger partial charge in [0.25, 0.3) is 5.91 Å². The van der Waals surface area contributed by atoms with Crippen molar-refractivity contribution in [1.29, 1.82) is 0 Å². The lowest BCUT2D eigenvalue weighted by Gasteiger charge is -2.06. The summed E-state index contributed by atoms with van der Waals surface area (Å²) in [4.78, 5) is 13.4. The molecule has 2 aromatic rings. The minimum absolute atomic E-state index is 0.0482. The number of carbonyl (C=O) groups excluding carboxylic acids is 1. The van der Waals surface area contributed by atoms with E-state index < -0.39 is 0 Å². The normalized spacial score (nSPS) is 9.81. The molecule has 0 unspecified atom stereocenters. The summed E-state index contributed by atoms with van der Waals surface area (Å²) in [6.45, 7) is 2.93. The lowest BCUT2D eigenvalue weighted by molar-refractivity contribution is 0.0954. The van der Waals surface area contributed by atoms with Crippen LogP contribution in [0.5, 0.6) is 0 Å². The van der Waals surface area contributed by atoms with E-state index in [1.165, 1.54) is 4.88 Å². The second-order valence-corrected chi connectivity index (χ2v) is 5.65. The first-order chi connectivity index (χ1) is 10.2. The average Bonchev–Trinajstić information content (AvgIpc) is 2.99. The van der Waals surface area contributed by atoms with Gasteiger partial charge >= 0.3 is 0 Å². The van der Waals surface area contributed by atoms with E-state index in [0.29, 0.717) is 18.7 Å². The molecule has 0 saturated carbocycles. The predicted molar refractivity (Wildman–Crippen MR) is 87.5 cm³/mol. The van der Waals surface area contributed by atoms with E-state index in [9.17, 15) is 4.79 Å². The molecule has 1 amide bonds. The highest BCUT2D eigenvalue weighted by atomic mass is 32.1. The van der Waals surface area contributed by atoms with Crippen LogP contribution in [0.15, 0.2) is 35.7 Å². The number of amides is 1. The Balaban J connectivity index is 1.94. The van der Waals surface area contributed by atoms with Crippen molar-refractivity contribution >= 4 is 17.2 Å². The van der Waals surface area contributed by atoms with Gasteiger partial charge in [-0.25, -0.2) is 0 Å². The third kappa shape index (κ3) is 4.45. The maximum absolute atomic E-state index is 12.1. The molecule has 108 valence electrons. The first kappa shape index (κ1) is 15.3. The number of benzene rings is 1. The molecule has 0 fully saturated rings. The number of nitrogens with two attached hydrogens (primary N) is 1. The fourth-order valence-electron chi connectivity index (χ4n) is 1.95. The quantitative estimate of drug-likeness (QED) is 0.851. The summed E-state index contributed by atoms with van der Waals surface area (Å²) in [5.74, 6) is 5.77. The number of rotatable bonds is 4. The van der Waals surface area contributed by atoms with Gasteiger partial charge in [-0.1, -0.05) is 17.9 Å². The largest absolute Gasteiger partial charge is 0.352 e. The molecule has 0 aliphatic heterocycles. The molecular weight excluding hydrogens is 280 g/mol. The second kappa shape index (κ2) is 7.63. The maximum Gasteiger partial charge on any atom is 0.251 e. The topological polar surface area (TPSA) is 55.1 Å². The van der Waals surface area contributed by atoms with Crippen molar-refractivity contribution in [2.24, 2.45) is 5.73 Å². The summed E-state index contributed by atoms with van der Waals surface area (Å²) in [5, 5.41) is 4.98. The van der Waals surface area contributed by atoms with Crippen LogP contribution in [0.4, 0.5) is 0 Å². The molecule has 3 nitrogen and oxygen atoms in total. The second-order valence-electron chi connectivity index (χ2n) is 4.62. The van der Waals surface area contributed by atoms with Gasteiger partial charge in [0.2, 0.25) is 0 Å². The van der Waals surface area contributed by atoms with Crippen LogP contribution in [-0.2, 0) is 6.42 Å². The lowest BCUT2D eigenvalue weighted by atomic mass is 10.0. The minimum atomic E-state index is -0.0482. The van der Waals surface area contributed by atoms with Crippen molar-refractivity contribution in [3.05, 3.63) is 57.3 Å². The number of thiophene rings is 1. The van der Waals surface area contributed by atoms with Gasteiger partial charge < -0.3 is 11.1 Å². The molecule has 0 radical (unpaired) electrons. The van der Waals surface area contributed by atoms with Crippen molar-refractivity contribution in [3.63, 3.8) is 0 Å². The Labute approximate surface area is 129 Å². The van der Waals surface area contributed by atoms with Gasteiger partial charge in [0, 0.05) is 22.5 Å². The Morgan fingerprint density at radius 1 is 1.38 bits per heavy atom. The molecular formula is C17H18N2OS. The van der Waals surface area contributed by atoms with Gasteiger partial charge in [-0.2, -0.15) is 0 Å². The van der Waals surface area contributed by atoms with E-state index in [4.69, 9.17) is 5.73 Å². The molecule has 0 saturated heterocycles. The maximum atomic E-state index is 12.1. The third-order valence-corrected chi connectivity index (χ3v) is 3.99. The number of hydrogen-bond donors (Lipinski definition) is 2. The molecule has 4 heteroatoms. The smallest absolute Gasteiger partial charge is 0.251 e. The van der Waals surface area contributed by atoms with Gasteiger partial charge in [0.1, 0.15) is 0 Å². The molecule has 0 aliphatic rings. The average molecular weight is 298 g/mol. The Hall–Kier alpha value is -2.09. The van der Waals surface area contributed by atoms with E-state index in [1.807, 2.05) is 30.5 Å². The highest BCUT2D eigenvalue weighted by Gasteiger charge is 2.06. The van der Waals surface area contributed by atoms with Crippen LogP contribution in [0.1, 0.15) is 26.4 Å². The molecule has 2 rings (SSSR count). The zero-order chi connectivity index (χ0) is 15.1. The summed E-state index contributed by atoms with van der Waals surface area (Å²) < 4.78 is 0. The van der Waals surface area contributed by atoms with Crippen LogP contribution in [0.2, 0.25) is 0 Å². The van der Waals surface area contributed by atoms with Gasteiger partial charge in [-0.3, -0.25) is 4.79 Å². The predicted octanol–water partition coefficient (Wildman–Crippen LogP) is 2.34. The Bertz CT molecular complexity index is 666. The van der Waals surface area contributed by atoms with Crippen LogP contribution in [0.25, 0.3) is 0 Å². The summed E-state index contributed by atoms with van der Waals surface area (Å²) in [5.41, 5.74) is 7.93. The summed E-state index contributed by atoms with van der Waals surface area (Å²) in [6.07, 6.45) is 0.864. The highest BCUT2D eigenvalue weighted by Crippen LogP contribution is 2.11. The van der Waals surface area contributed by atoms with Crippen molar-refractivity contribution < 1.29 is 4.79 Å². The van der Waals surface area contributed by atoms with Crippen molar-refractivity contribution in [1.82, 2.24) is 5.32 Å². The van der Waals surface area contributed by atoms with Crippen LogP contribution >= 0.6 is 11.3 Å². The van der Waals surface area contributed by atoms with Crippen molar-refractivity contribution in [2.75, 3.05) is 13.1 Å². The summed E-state index contributed by atoms with van der Waals surface area (Å²) in [7, 11) is 0. The molecule has 0 atom stereocenters. The van der Waals surface area contributed by atoms with E-state index in [2.05, 4.69) is 23.2 Å². The molecule has 0 bridgehead atoms. The van der Waals surface area contributed by atoms with Crippen LogP contribution in [0, 0.1) is 18.8 Å². The van der Waals surface area contributed by atoms with Crippen LogP contribution < -0.4 is 11.1 Å². The summed E-state index contributed by atoms with van der Waals surface area (Å²) in [6, 6.07) is 9.62. The molecule has 1 aromatic carbocycles. The van der Waals surface area contributed by atoms with Crippen LogP contribution in [-0.4, -0.2) is 19.0 Å².